The van der Waals surface area contributed by atoms with Crippen LogP contribution in [0.3, 0.4) is 0 Å². The number of hydrogen-bond acceptors (Lipinski definition) is 6. The Morgan fingerprint density at radius 1 is 1.16 bits per heavy atom. The van der Waals surface area contributed by atoms with E-state index >= 15 is 0 Å². The summed E-state index contributed by atoms with van der Waals surface area (Å²) >= 11 is 5.89. The van der Waals surface area contributed by atoms with Crippen molar-refractivity contribution in [3.63, 3.8) is 0 Å². The number of halogens is 1. The smallest absolute Gasteiger partial charge is 0.309 e. The summed E-state index contributed by atoms with van der Waals surface area (Å²) in [7, 11) is 0. The molecule has 0 unspecified atom stereocenters. The van der Waals surface area contributed by atoms with E-state index in [0.29, 0.717) is 23.3 Å². The molecule has 0 spiro atoms. The third-order valence-corrected chi connectivity index (χ3v) is 4.29. The second-order valence-electron chi connectivity index (χ2n) is 5.78. The molecule has 6 nitrogen and oxygen atoms in total. The second-order valence-corrected chi connectivity index (χ2v) is 6.22. The Bertz CT molecular complexity index is 691. The predicted molar refractivity (Wildman–Crippen MR) is 94.9 cm³/mol. The lowest BCUT2D eigenvalue weighted by Crippen LogP contribution is -2.38. The summed E-state index contributed by atoms with van der Waals surface area (Å²) in [5.74, 6) is 1.14. The molecule has 2 aromatic rings. The van der Waals surface area contributed by atoms with Crippen LogP contribution >= 0.6 is 11.6 Å². The maximum absolute atomic E-state index is 12.2. The highest BCUT2D eigenvalue weighted by Crippen LogP contribution is 2.21. The largest absolute Gasteiger partial charge is 0.490 e. The van der Waals surface area contributed by atoms with Crippen LogP contribution in [0.2, 0.25) is 5.02 Å². The lowest BCUT2D eigenvalue weighted by molar-refractivity contribution is -0.150. The van der Waals surface area contributed by atoms with Crippen molar-refractivity contribution in [1.29, 1.82) is 0 Å². The Labute approximate surface area is 151 Å². The lowest BCUT2D eigenvalue weighted by Gasteiger charge is -2.30. The highest BCUT2D eigenvalue weighted by molar-refractivity contribution is 6.30. The van der Waals surface area contributed by atoms with Crippen molar-refractivity contribution in [3.05, 3.63) is 47.7 Å². The zero-order valence-corrected chi connectivity index (χ0v) is 14.6. The fraction of sp³-hybridized carbons (Fsp3) is 0.389. The first kappa shape index (κ1) is 17.5. The van der Waals surface area contributed by atoms with Gasteiger partial charge < -0.3 is 14.4 Å². The standard InChI is InChI=1S/C18H20ClN3O3/c19-15-3-1-4-16(13-15)24-11-12-25-17(23)14-5-9-22(10-6-14)18-20-7-2-8-21-18/h1-4,7-8,13-14H,5-6,9-12H2. The van der Waals surface area contributed by atoms with Crippen LogP contribution in [0.1, 0.15) is 12.8 Å². The highest BCUT2D eigenvalue weighted by Gasteiger charge is 2.27. The number of esters is 1. The molecule has 2 heterocycles. The third-order valence-electron chi connectivity index (χ3n) is 4.06. The zero-order chi connectivity index (χ0) is 17.5. The van der Waals surface area contributed by atoms with Crippen LogP contribution in [0.25, 0.3) is 0 Å². The zero-order valence-electron chi connectivity index (χ0n) is 13.8. The molecule has 3 rings (SSSR count). The predicted octanol–water partition coefficient (Wildman–Crippen LogP) is 2.97. The summed E-state index contributed by atoms with van der Waals surface area (Å²) < 4.78 is 10.8. The number of carbonyl (C=O) groups excluding carboxylic acids is 1. The molecule has 0 amide bonds. The number of rotatable bonds is 6. The fourth-order valence-corrected chi connectivity index (χ4v) is 2.93. The Balaban J connectivity index is 1.37. The summed E-state index contributed by atoms with van der Waals surface area (Å²) in [4.78, 5) is 22.7. The topological polar surface area (TPSA) is 64.6 Å². The summed E-state index contributed by atoms with van der Waals surface area (Å²) in [6, 6.07) is 8.92. The van der Waals surface area contributed by atoms with Crippen LogP contribution in [0.4, 0.5) is 5.95 Å². The maximum Gasteiger partial charge on any atom is 0.309 e. The molecule has 0 N–H and O–H groups in total. The number of aromatic nitrogens is 2. The van der Waals surface area contributed by atoms with Gasteiger partial charge in [-0.15, -0.1) is 0 Å². The minimum atomic E-state index is -0.164. The van der Waals surface area contributed by atoms with Crippen molar-refractivity contribution in [3.8, 4) is 5.75 Å². The molecule has 1 aromatic carbocycles. The number of piperidine rings is 1. The summed E-state index contributed by atoms with van der Waals surface area (Å²) in [5.41, 5.74) is 0. The Hall–Kier alpha value is -2.34. The Kier molecular flexibility index (Phi) is 6.06. The van der Waals surface area contributed by atoms with Crippen molar-refractivity contribution in [2.75, 3.05) is 31.2 Å². The van der Waals surface area contributed by atoms with Crippen molar-refractivity contribution >= 4 is 23.5 Å². The van der Waals surface area contributed by atoms with E-state index in [1.165, 1.54) is 0 Å². The van der Waals surface area contributed by atoms with Gasteiger partial charge in [-0.05, 0) is 37.1 Å². The molecule has 0 saturated carbocycles. The van der Waals surface area contributed by atoms with Gasteiger partial charge in [-0.1, -0.05) is 17.7 Å². The molecule has 0 atom stereocenters. The molecule has 0 bridgehead atoms. The molecule has 7 heteroatoms. The number of carbonyl (C=O) groups is 1. The monoisotopic (exact) mass is 361 g/mol. The molecule has 25 heavy (non-hydrogen) atoms. The average molecular weight is 362 g/mol. The van der Waals surface area contributed by atoms with E-state index in [0.717, 1.165) is 25.9 Å². The van der Waals surface area contributed by atoms with Crippen molar-refractivity contribution in [2.45, 2.75) is 12.8 Å². The van der Waals surface area contributed by atoms with E-state index in [2.05, 4.69) is 14.9 Å². The van der Waals surface area contributed by atoms with Crippen LogP contribution < -0.4 is 9.64 Å². The summed E-state index contributed by atoms with van der Waals surface area (Å²) in [5, 5.41) is 0.614. The Morgan fingerprint density at radius 3 is 2.64 bits per heavy atom. The van der Waals surface area contributed by atoms with Gasteiger partial charge in [0.15, 0.2) is 0 Å². The highest BCUT2D eigenvalue weighted by atomic mass is 35.5. The normalized spacial score (nSPS) is 15.0. The van der Waals surface area contributed by atoms with Gasteiger partial charge in [0, 0.05) is 30.5 Å². The summed E-state index contributed by atoms with van der Waals surface area (Å²) in [6.07, 6.45) is 4.93. The van der Waals surface area contributed by atoms with Crippen LogP contribution in [0.5, 0.6) is 5.75 Å². The van der Waals surface area contributed by atoms with Gasteiger partial charge in [-0.3, -0.25) is 4.79 Å². The molecule has 0 aliphatic carbocycles. The quantitative estimate of drug-likeness (QED) is 0.582. The van der Waals surface area contributed by atoms with Crippen molar-refractivity contribution in [1.82, 2.24) is 9.97 Å². The number of nitrogens with zero attached hydrogens (tertiary/aromatic N) is 3. The lowest BCUT2D eigenvalue weighted by atomic mass is 9.97. The molecule has 1 saturated heterocycles. The van der Waals surface area contributed by atoms with Gasteiger partial charge in [0.1, 0.15) is 19.0 Å². The van der Waals surface area contributed by atoms with E-state index in [1.54, 1.807) is 30.6 Å². The van der Waals surface area contributed by atoms with Gasteiger partial charge in [-0.2, -0.15) is 0 Å². The SMILES string of the molecule is O=C(OCCOc1cccc(Cl)c1)C1CCN(c2ncccn2)CC1. The maximum atomic E-state index is 12.2. The molecular formula is C18H20ClN3O3. The van der Waals surface area contributed by atoms with Crippen molar-refractivity contribution in [2.24, 2.45) is 5.92 Å². The van der Waals surface area contributed by atoms with E-state index in [9.17, 15) is 4.79 Å². The van der Waals surface area contributed by atoms with Crippen LogP contribution in [-0.4, -0.2) is 42.2 Å². The molecule has 132 valence electrons. The van der Waals surface area contributed by atoms with Gasteiger partial charge in [0.25, 0.3) is 0 Å². The number of ether oxygens (including phenoxy) is 2. The van der Waals surface area contributed by atoms with Crippen LogP contribution in [0.15, 0.2) is 42.7 Å². The number of anilines is 1. The number of benzene rings is 1. The van der Waals surface area contributed by atoms with Gasteiger partial charge in [0.2, 0.25) is 5.95 Å². The third kappa shape index (κ3) is 5.06. The average Bonchev–Trinajstić information content (AvgIpc) is 2.66. The first-order valence-corrected chi connectivity index (χ1v) is 8.67. The van der Waals surface area contributed by atoms with Gasteiger partial charge >= 0.3 is 5.97 Å². The van der Waals surface area contributed by atoms with E-state index in [4.69, 9.17) is 21.1 Å². The molecule has 1 aliphatic rings. The molecular weight excluding hydrogens is 342 g/mol. The second kappa shape index (κ2) is 8.67. The molecule has 1 aromatic heterocycles. The number of hydrogen-bond donors (Lipinski definition) is 0. The van der Waals surface area contributed by atoms with Crippen molar-refractivity contribution < 1.29 is 14.3 Å². The minimum absolute atomic E-state index is 0.0777. The first-order chi connectivity index (χ1) is 12.2. The minimum Gasteiger partial charge on any atom is -0.490 e. The molecule has 0 radical (unpaired) electrons. The van der Waals surface area contributed by atoms with Crippen LogP contribution in [0, 0.1) is 5.92 Å². The summed E-state index contributed by atoms with van der Waals surface area (Å²) in [6.45, 7) is 2.04. The first-order valence-electron chi connectivity index (χ1n) is 8.29. The van der Waals surface area contributed by atoms with Gasteiger partial charge in [0.05, 0.1) is 5.92 Å². The fourth-order valence-electron chi connectivity index (χ4n) is 2.75. The Morgan fingerprint density at radius 2 is 1.92 bits per heavy atom. The van der Waals surface area contributed by atoms with Gasteiger partial charge in [-0.25, -0.2) is 9.97 Å². The molecule has 1 fully saturated rings. The van der Waals surface area contributed by atoms with E-state index in [-0.39, 0.29) is 18.5 Å². The van der Waals surface area contributed by atoms with E-state index < -0.39 is 0 Å². The molecule has 1 aliphatic heterocycles. The van der Waals surface area contributed by atoms with E-state index in [1.807, 2.05) is 12.1 Å². The van der Waals surface area contributed by atoms with Crippen LogP contribution in [-0.2, 0) is 9.53 Å².